The lowest BCUT2D eigenvalue weighted by atomic mass is 10.6. The van der Waals surface area contributed by atoms with Crippen molar-refractivity contribution in [3.05, 3.63) is 22.7 Å². The Balaban J connectivity index is 2.52. The first-order chi connectivity index (χ1) is 5.84. The third-order valence-electron chi connectivity index (χ3n) is 1.31. The molecule has 0 radical (unpaired) electrons. The van der Waals surface area contributed by atoms with Gasteiger partial charge in [-0.1, -0.05) is 0 Å². The van der Waals surface area contributed by atoms with Gasteiger partial charge in [-0.25, -0.2) is 4.98 Å². The molecule has 1 aromatic rings. The second kappa shape index (κ2) is 4.50. The van der Waals surface area contributed by atoms with Crippen molar-refractivity contribution in [1.82, 2.24) is 9.97 Å². The highest BCUT2D eigenvalue weighted by Gasteiger charge is 1.96. The van der Waals surface area contributed by atoms with Crippen LogP contribution in [0, 0.1) is 0 Å². The smallest absolute Gasteiger partial charge is 0.290 e. The number of methoxy groups -OCH3 is 1. The lowest BCUT2D eigenvalue weighted by molar-refractivity contribution is 0.210. The molecule has 0 aliphatic rings. The molecule has 66 valence electrons. The molecule has 0 unspecified atom stereocenters. The summed E-state index contributed by atoms with van der Waals surface area (Å²) in [6, 6.07) is 0. The molecule has 2 N–H and O–H groups in total. The van der Waals surface area contributed by atoms with Crippen molar-refractivity contribution in [2.45, 2.75) is 0 Å². The molecule has 0 amide bonds. The van der Waals surface area contributed by atoms with Crippen LogP contribution >= 0.6 is 0 Å². The largest absolute Gasteiger partial charge is 0.383 e. The van der Waals surface area contributed by atoms with Crippen molar-refractivity contribution < 1.29 is 4.74 Å². The Hall–Kier alpha value is -1.36. The molecule has 0 aliphatic heterocycles. The van der Waals surface area contributed by atoms with Crippen molar-refractivity contribution in [1.29, 1.82) is 0 Å². The van der Waals surface area contributed by atoms with Gasteiger partial charge in [-0.2, -0.15) is 0 Å². The maximum atomic E-state index is 11.0. The van der Waals surface area contributed by atoms with Gasteiger partial charge in [0.2, 0.25) is 0 Å². The molecule has 0 atom stereocenters. The van der Waals surface area contributed by atoms with E-state index in [-0.39, 0.29) is 5.56 Å². The van der Waals surface area contributed by atoms with E-state index in [9.17, 15) is 4.79 Å². The summed E-state index contributed by atoms with van der Waals surface area (Å²) in [6.45, 7) is 1.13. The van der Waals surface area contributed by atoms with E-state index in [0.717, 1.165) is 0 Å². The van der Waals surface area contributed by atoms with Gasteiger partial charge in [0.1, 0.15) is 0 Å². The highest BCUT2D eigenvalue weighted by atomic mass is 16.5. The molecule has 1 aromatic heterocycles. The maximum absolute atomic E-state index is 11.0. The average Bonchev–Trinajstić information content (AvgIpc) is 2.09. The average molecular weight is 169 g/mol. The Morgan fingerprint density at radius 1 is 1.75 bits per heavy atom. The van der Waals surface area contributed by atoms with Gasteiger partial charge >= 0.3 is 0 Å². The molecule has 0 fully saturated rings. The van der Waals surface area contributed by atoms with Gasteiger partial charge in [0.15, 0.2) is 5.82 Å². The topological polar surface area (TPSA) is 67.0 Å². The minimum Gasteiger partial charge on any atom is -0.383 e. The molecule has 12 heavy (non-hydrogen) atoms. The molecule has 1 heterocycles. The van der Waals surface area contributed by atoms with Crippen LogP contribution in [0.5, 0.6) is 0 Å². The number of anilines is 1. The van der Waals surface area contributed by atoms with Gasteiger partial charge < -0.3 is 15.0 Å². The van der Waals surface area contributed by atoms with E-state index in [2.05, 4.69) is 15.3 Å². The highest BCUT2D eigenvalue weighted by Crippen LogP contribution is 1.87. The first-order valence-corrected chi connectivity index (χ1v) is 3.61. The fraction of sp³-hybridized carbons (Fsp3) is 0.429. The number of aromatic amines is 1. The molecule has 0 bridgehead atoms. The van der Waals surface area contributed by atoms with Crippen LogP contribution in [0.25, 0.3) is 0 Å². The summed E-state index contributed by atoms with van der Waals surface area (Å²) < 4.78 is 4.80. The van der Waals surface area contributed by atoms with Crippen LogP contribution in [-0.2, 0) is 4.74 Å². The van der Waals surface area contributed by atoms with Crippen LogP contribution in [0.15, 0.2) is 17.2 Å². The Labute approximate surface area is 69.8 Å². The van der Waals surface area contributed by atoms with Crippen LogP contribution in [0.3, 0.4) is 0 Å². The van der Waals surface area contributed by atoms with Crippen LogP contribution in [0.2, 0.25) is 0 Å². The summed E-state index contributed by atoms with van der Waals surface area (Å²) in [6.07, 6.45) is 3.01. The van der Waals surface area contributed by atoms with Crippen LogP contribution < -0.4 is 10.9 Å². The summed E-state index contributed by atoms with van der Waals surface area (Å²) in [5.41, 5.74) is -0.214. The molecule has 5 heteroatoms. The maximum Gasteiger partial charge on any atom is 0.290 e. The van der Waals surface area contributed by atoms with Crippen molar-refractivity contribution in [3.8, 4) is 0 Å². The van der Waals surface area contributed by atoms with Gasteiger partial charge in [0.25, 0.3) is 5.56 Å². The number of ether oxygens (including phenoxy) is 1. The van der Waals surface area contributed by atoms with E-state index >= 15 is 0 Å². The number of H-pyrrole nitrogens is 1. The van der Waals surface area contributed by atoms with Crippen molar-refractivity contribution in [2.24, 2.45) is 0 Å². The lowest BCUT2D eigenvalue weighted by Crippen LogP contribution is -2.18. The van der Waals surface area contributed by atoms with E-state index < -0.39 is 0 Å². The summed E-state index contributed by atoms with van der Waals surface area (Å²) in [5.74, 6) is 0.328. The van der Waals surface area contributed by atoms with Gasteiger partial charge in [0.05, 0.1) is 6.61 Å². The molecule has 5 nitrogen and oxygen atoms in total. The number of aromatic nitrogens is 2. The van der Waals surface area contributed by atoms with Gasteiger partial charge in [0, 0.05) is 26.0 Å². The summed E-state index contributed by atoms with van der Waals surface area (Å²) in [4.78, 5) is 17.3. The third-order valence-corrected chi connectivity index (χ3v) is 1.31. The van der Waals surface area contributed by atoms with Gasteiger partial charge in [-0.3, -0.25) is 4.79 Å². The first-order valence-electron chi connectivity index (χ1n) is 3.61. The second-order valence-electron chi connectivity index (χ2n) is 2.19. The summed E-state index contributed by atoms with van der Waals surface area (Å²) >= 11 is 0. The quantitative estimate of drug-likeness (QED) is 0.614. The number of hydrogen-bond donors (Lipinski definition) is 2. The normalized spacial score (nSPS) is 9.75. The van der Waals surface area contributed by atoms with Crippen LogP contribution in [0.4, 0.5) is 5.82 Å². The van der Waals surface area contributed by atoms with Crippen molar-refractivity contribution in [2.75, 3.05) is 25.6 Å². The van der Waals surface area contributed by atoms with E-state index in [1.54, 1.807) is 7.11 Å². The predicted molar refractivity (Wildman–Crippen MR) is 45.2 cm³/mol. The number of nitrogens with zero attached hydrogens (tertiary/aromatic N) is 1. The number of hydrogen-bond acceptors (Lipinski definition) is 4. The van der Waals surface area contributed by atoms with Crippen LogP contribution in [-0.4, -0.2) is 30.2 Å². The Morgan fingerprint density at radius 2 is 2.58 bits per heavy atom. The molecule has 1 rings (SSSR count). The van der Waals surface area contributed by atoms with Gasteiger partial charge in [-0.05, 0) is 0 Å². The monoisotopic (exact) mass is 169 g/mol. The molecule has 0 saturated carbocycles. The minimum absolute atomic E-state index is 0.214. The molecule has 0 saturated heterocycles. The van der Waals surface area contributed by atoms with E-state index in [4.69, 9.17) is 4.74 Å². The molecular weight excluding hydrogens is 158 g/mol. The fourth-order valence-corrected chi connectivity index (χ4v) is 0.749. The van der Waals surface area contributed by atoms with Crippen molar-refractivity contribution in [3.63, 3.8) is 0 Å². The zero-order valence-electron chi connectivity index (χ0n) is 6.83. The standard InChI is InChI=1S/C7H11N3O2/c1-12-5-4-9-6-7(11)10-3-2-8-6/h2-3H,4-5H2,1H3,(H,8,9)(H,10,11). The van der Waals surface area contributed by atoms with Crippen LogP contribution in [0.1, 0.15) is 0 Å². The molecular formula is C7H11N3O2. The molecule has 0 aliphatic carbocycles. The molecule has 0 aromatic carbocycles. The minimum atomic E-state index is -0.214. The van der Waals surface area contributed by atoms with E-state index in [1.807, 2.05) is 0 Å². The Morgan fingerprint density at radius 3 is 3.25 bits per heavy atom. The first kappa shape index (κ1) is 8.73. The zero-order chi connectivity index (χ0) is 8.81. The number of rotatable bonds is 4. The summed E-state index contributed by atoms with van der Waals surface area (Å²) in [7, 11) is 1.60. The summed E-state index contributed by atoms with van der Waals surface area (Å²) in [5, 5.41) is 2.83. The van der Waals surface area contributed by atoms with Gasteiger partial charge in [-0.15, -0.1) is 0 Å². The lowest BCUT2D eigenvalue weighted by Gasteiger charge is -2.01. The molecule has 0 spiro atoms. The zero-order valence-corrected chi connectivity index (χ0v) is 6.83. The number of nitrogens with one attached hydrogen (secondary N) is 2. The second-order valence-corrected chi connectivity index (χ2v) is 2.19. The SMILES string of the molecule is COCCNc1ncc[nH]c1=O. The predicted octanol–water partition coefficient (Wildman–Crippen LogP) is -0.172. The van der Waals surface area contributed by atoms with E-state index in [1.165, 1.54) is 12.4 Å². The van der Waals surface area contributed by atoms with E-state index in [0.29, 0.717) is 19.0 Å². The fourth-order valence-electron chi connectivity index (χ4n) is 0.749. The Bertz CT molecular complexity index is 284. The highest BCUT2D eigenvalue weighted by molar-refractivity contribution is 5.29. The Kier molecular flexibility index (Phi) is 3.28. The van der Waals surface area contributed by atoms with Crippen molar-refractivity contribution >= 4 is 5.82 Å². The third kappa shape index (κ3) is 2.35.